The van der Waals surface area contributed by atoms with E-state index in [0.717, 1.165) is 11.5 Å². The fourth-order valence-corrected chi connectivity index (χ4v) is 2.71. The summed E-state index contributed by atoms with van der Waals surface area (Å²) in [5, 5.41) is 8.67. The van der Waals surface area contributed by atoms with Gasteiger partial charge in [-0.05, 0) is 36.5 Å². The number of hydrogen-bond donors (Lipinski definition) is 2. The average Bonchev–Trinajstić information content (AvgIpc) is 3.10. The summed E-state index contributed by atoms with van der Waals surface area (Å²) in [6, 6.07) is 7.52. The van der Waals surface area contributed by atoms with E-state index in [1.54, 1.807) is 0 Å². The summed E-state index contributed by atoms with van der Waals surface area (Å²) in [6.45, 7) is 0. The van der Waals surface area contributed by atoms with Crippen LogP contribution in [0.4, 0.5) is 0 Å². The van der Waals surface area contributed by atoms with Crippen molar-refractivity contribution in [2.75, 3.05) is 5.75 Å². The number of hydrogen-bond acceptors (Lipinski definition) is 3. The van der Waals surface area contributed by atoms with Gasteiger partial charge in [0.25, 0.3) is 0 Å². The standard InChI is InChI=1S/C13H17NO2S/c14-12(7-13(15)16)10-3-5-11(6-4-10)17-8-9-1-2-9/h3-6,9,12H,1-2,7-8,14H2,(H,15,16). The molecule has 1 atom stereocenters. The Kier molecular flexibility index (Phi) is 4.07. The van der Waals surface area contributed by atoms with Crippen LogP contribution in [-0.2, 0) is 4.79 Å². The molecule has 1 saturated carbocycles. The molecule has 1 unspecified atom stereocenters. The summed E-state index contributed by atoms with van der Waals surface area (Å²) >= 11 is 1.87. The third kappa shape index (κ3) is 4.06. The van der Waals surface area contributed by atoms with Crippen LogP contribution in [0.1, 0.15) is 30.9 Å². The maximum absolute atomic E-state index is 10.6. The van der Waals surface area contributed by atoms with Gasteiger partial charge in [-0.1, -0.05) is 12.1 Å². The first-order valence-corrected chi connectivity index (χ1v) is 6.84. The fourth-order valence-electron chi connectivity index (χ4n) is 1.62. The van der Waals surface area contributed by atoms with Gasteiger partial charge in [0.1, 0.15) is 0 Å². The van der Waals surface area contributed by atoms with Crippen molar-refractivity contribution in [2.24, 2.45) is 11.7 Å². The lowest BCUT2D eigenvalue weighted by atomic mass is 10.1. The zero-order valence-corrected chi connectivity index (χ0v) is 10.5. The first-order valence-electron chi connectivity index (χ1n) is 5.85. The van der Waals surface area contributed by atoms with E-state index in [1.165, 1.54) is 23.5 Å². The molecule has 1 aromatic carbocycles. The Morgan fingerprint density at radius 1 is 1.41 bits per heavy atom. The Morgan fingerprint density at radius 3 is 2.59 bits per heavy atom. The van der Waals surface area contributed by atoms with Crippen LogP contribution in [0, 0.1) is 5.92 Å². The van der Waals surface area contributed by atoms with Crippen LogP contribution in [0.5, 0.6) is 0 Å². The van der Waals surface area contributed by atoms with Crippen molar-refractivity contribution >= 4 is 17.7 Å². The minimum Gasteiger partial charge on any atom is -0.481 e. The molecular formula is C13H17NO2S. The molecule has 3 nitrogen and oxygen atoms in total. The third-order valence-corrected chi connectivity index (χ3v) is 4.13. The maximum atomic E-state index is 10.6. The van der Waals surface area contributed by atoms with Crippen LogP contribution < -0.4 is 5.73 Å². The van der Waals surface area contributed by atoms with E-state index in [2.05, 4.69) is 0 Å². The van der Waals surface area contributed by atoms with E-state index < -0.39 is 12.0 Å². The summed E-state index contributed by atoms with van der Waals surface area (Å²) in [7, 11) is 0. The molecule has 0 heterocycles. The minimum atomic E-state index is -0.857. The predicted molar refractivity (Wildman–Crippen MR) is 69.1 cm³/mol. The Bertz CT molecular complexity index is 387. The van der Waals surface area contributed by atoms with Gasteiger partial charge in [-0.15, -0.1) is 11.8 Å². The molecule has 0 spiro atoms. The zero-order valence-electron chi connectivity index (χ0n) is 9.63. The molecular weight excluding hydrogens is 234 g/mol. The molecule has 17 heavy (non-hydrogen) atoms. The minimum absolute atomic E-state index is 0.0193. The largest absolute Gasteiger partial charge is 0.481 e. The van der Waals surface area contributed by atoms with Gasteiger partial charge in [0, 0.05) is 16.7 Å². The van der Waals surface area contributed by atoms with Gasteiger partial charge in [-0.25, -0.2) is 0 Å². The van der Waals surface area contributed by atoms with E-state index in [-0.39, 0.29) is 6.42 Å². The lowest BCUT2D eigenvalue weighted by Gasteiger charge is -2.09. The van der Waals surface area contributed by atoms with Gasteiger partial charge < -0.3 is 10.8 Å². The highest BCUT2D eigenvalue weighted by atomic mass is 32.2. The van der Waals surface area contributed by atoms with Crippen molar-refractivity contribution in [3.05, 3.63) is 29.8 Å². The van der Waals surface area contributed by atoms with Gasteiger partial charge in [0.15, 0.2) is 0 Å². The van der Waals surface area contributed by atoms with Crippen molar-refractivity contribution in [1.29, 1.82) is 0 Å². The number of carboxylic acids is 1. The highest BCUT2D eigenvalue weighted by molar-refractivity contribution is 7.99. The number of rotatable bonds is 6. The summed E-state index contributed by atoms with van der Waals surface area (Å²) < 4.78 is 0. The average molecular weight is 251 g/mol. The second-order valence-electron chi connectivity index (χ2n) is 4.53. The van der Waals surface area contributed by atoms with Gasteiger partial charge in [-0.3, -0.25) is 4.79 Å². The van der Waals surface area contributed by atoms with E-state index in [9.17, 15) is 4.79 Å². The molecule has 3 N–H and O–H groups in total. The molecule has 1 aliphatic rings. The van der Waals surface area contributed by atoms with Crippen LogP contribution >= 0.6 is 11.8 Å². The number of nitrogens with two attached hydrogens (primary N) is 1. The van der Waals surface area contributed by atoms with E-state index in [1.807, 2.05) is 36.0 Å². The molecule has 1 fully saturated rings. The molecule has 0 aliphatic heterocycles. The summed E-state index contributed by atoms with van der Waals surface area (Å²) in [4.78, 5) is 11.8. The topological polar surface area (TPSA) is 63.3 Å². The van der Waals surface area contributed by atoms with Crippen molar-refractivity contribution < 1.29 is 9.90 Å². The van der Waals surface area contributed by atoms with E-state index >= 15 is 0 Å². The molecule has 1 aromatic rings. The number of carboxylic acid groups (broad SMARTS) is 1. The molecule has 4 heteroatoms. The normalized spacial score (nSPS) is 16.8. The molecule has 1 aliphatic carbocycles. The SMILES string of the molecule is NC(CC(=O)O)c1ccc(SCC2CC2)cc1. The highest BCUT2D eigenvalue weighted by Crippen LogP contribution is 2.35. The molecule has 0 amide bonds. The third-order valence-electron chi connectivity index (χ3n) is 2.89. The lowest BCUT2D eigenvalue weighted by molar-refractivity contribution is -0.137. The molecule has 0 aromatic heterocycles. The van der Waals surface area contributed by atoms with E-state index in [4.69, 9.17) is 10.8 Å². The van der Waals surface area contributed by atoms with Crippen LogP contribution in [0.3, 0.4) is 0 Å². The Balaban J connectivity index is 1.89. The molecule has 0 bridgehead atoms. The number of aliphatic carboxylic acids is 1. The van der Waals surface area contributed by atoms with Gasteiger partial charge >= 0.3 is 5.97 Å². The molecule has 2 rings (SSSR count). The van der Waals surface area contributed by atoms with Gasteiger partial charge in [0.2, 0.25) is 0 Å². The zero-order chi connectivity index (χ0) is 12.3. The van der Waals surface area contributed by atoms with Crippen molar-refractivity contribution in [2.45, 2.75) is 30.2 Å². The van der Waals surface area contributed by atoms with Crippen molar-refractivity contribution in [3.63, 3.8) is 0 Å². The van der Waals surface area contributed by atoms with E-state index in [0.29, 0.717) is 0 Å². The Hall–Kier alpha value is -1.00. The van der Waals surface area contributed by atoms with Crippen molar-refractivity contribution in [3.8, 4) is 0 Å². The van der Waals surface area contributed by atoms with Crippen LogP contribution in [0.25, 0.3) is 0 Å². The number of carbonyl (C=O) groups is 1. The summed E-state index contributed by atoms with van der Waals surface area (Å²) in [5.41, 5.74) is 6.68. The fraction of sp³-hybridized carbons (Fsp3) is 0.462. The molecule has 0 radical (unpaired) electrons. The quantitative estimate of drug-likeness (QED) is 0.763. The van der Waals surface area contributed by atoms with Crippen LogP contribution in [-0.4, -0.2) is 16.8 Å². The maximum Gasteiger partial charge on any atom is 0.305 e. The number of thioether (sulfide) groups is 1. The summed E-state index contributed by atoms with van der Waals surface area (Å²) in [5.74, 6) is 1.25. The van der Waals surface area contributed by atoms with Crippen LogP contribution in [0.2, 0.25) is 0 Å². The monoisotopic (exact) mass is 251 g/mol. The second kappa shape index (κ2) is 5.56. The van der Waals surface area contributed by atoms with Gasteiger partial charge in [-0.2, -0.15) is 0 Å². The van der Waals surface area contributed by atoms with Gasteiger partial charge in [0.05, 0.1) is 6.42 Å². The number of benzene rings is 1. The highest BCUT2D eigenvalue weighted by Gasteiger charge is 2.21. The Labute approximate surface area is 105 Å². The molecule has 0 saturated heterocycles. The summed E-state index contributed by atoms with van der Waals surface area (Å²) in [6.07, 6.45) is 2.72. The van der Waals surface area contributed by atoms with Crippen LogP contribution in [0.15, 0.2) is 29.2 Å². The second-order valence-corrected chi connectivity index (χ2v) is 5.62. The first-order chi connectivity index (χ1) is 8.15. The lowest BCUT2D eigenvalue weighted by Crippen LogP contribution is -2.14. The molecule has 92 valence electrons. The smallest absolute Gasteiger partial charge is 0.305 e. The Morgan fingerprint density at radius 2 is 2.06 bits per heavy atom. The first kappa shape index (κ1) is 12.5. The predicted octanol–water partition coefficient (Wildman–Crippen LogP) is 2.66. The van der Waals surface area contributed by atoms with Crippen molar-refractivity contribution in [1.82, 2.24) is 0 Å².